The van der Waals surface area contributed by atoms with Crippen molar-refractivity contribution >= 4 is 33.8 Å². The van der Waals surface area contributed by atoms with Gasteiger partial charge in [-0.25, -0.2) is 0 Å². The molecule has 0 radical (unpaired) electrons. The number of fused-ring (bicyclic) bond motifs is 1. The molecule has 1 unspecified atom stereocenters. The van der Waals surface area contributed by atoms with Crippen molar-refractivity contribution < 1.29 is 9.59 Å². The molecule has 2 amide bonds. The summed E-state index contributed by atoms with van der Waals surface area (Å²) in [4.78, 5) is 30.0. The summed E-state index contributed by atoms with van der Waals surface area (Å²) in [6.45, 7) is 11.3. The predicted octanol–water partition coefficient (Wildman–Crippen LogP) is 6.27. The summed E-state index contributed by atoms with van der Waals surface area (Å²) in [5.41, 5.74) is 3.90. The maximum atomic E-state index is 13.5. The lowest BCUT2D eigenvalue weighted by atomic mass is 9.72. The van der Waals surface area contributed by atoms with Crippen LogP contribution in [-0.2, 0) is 17.6 Å². The largest absolute Gasteiger partial charge is 0.322 e. The fourth-order valence-corrected chi connectivity index (χ4v) is 6.57. The van der Waals surface area contributed by atoms with Crippen molar-refractivity contribution in [3.8, 4) is 0 Å². The molecule has 0 bridgehead atoms. The van der Waals surface area contributed by atoms with Gasteiger partial charge in [-0.2, -0.15) is 0 Å². The number of anilines is 2. The number of likely N-dealkylation sites (tertiary alicyclic amines) is 1. The zero-order valence-electron chi connectivity index (χ0n) is 21.1. The lowest BCUT2D eigenvalue weighted by molar-refractivity contribution is -0.117. The van der Waals surface area contributed by atoms with E-state index in [-0.39, 0.29) is 17.2 Å². The van der Waals surface area contributed by atoms with Crippen LogP contribution in [0.5, 0.6) is 0 Å². The SMILES string of the molecule is Cc1cccc(NC(=O)c2c(NC(=O)CN3CCCCCC3)sc3c2CCC(C(C)(C)C)C3)c1. The monoisotopic (exact) mass is 481 g/mol. The maximum Gasteiger partial charge on any atom is 0.258 e. The first-order valence-corrected chi connectivity index (χ1v) is 13.6. The highest BCUT2D eigenvalue weighted by Crippen LogP contribution is 2.44. The topological polar surface area (TPSA) is 61.4 Å². The standard InChI is InChI=1S/C28H39N3O2S/c1-19-10-9-11-21(16-19)29-26(33)25-22-13-12-20(28(2,3)4)17-23(22)34-27(25)30-24(32)18-31-14-7-5-6-8-15-31/h9-11,16,20H,5-8,12-15,17-18H2,1-4H3,(H,29,33)(H,30,32). The molecule has 1 saturated heterocycles. The van der Waals surface area contributed by atoms with Gasteiger partial charge in [0.15, 0.2) is 0 Å². The van der Waals surface area contributed by atoms with Gasteiger partial charge in [-0.15, -0.1) is 11.3 Å². The summed E-state index contributed by atoms with van der Waals surface area (Å²) in [6, 6.07) is 7.86. The molecule has 6 heteroatoms. The van der Waals surface area contributed by atoms with Gasteiger partial charge in [0.05, 0.1) is 12.1 Å². The summed E-state index contributed by atoms with van der Waals surface area (Å²) < 4.78 is 0. The second-order valence-electron chi connectivity index (χ2n) is 11.1. The van der Waals surface area contributed by atoms with Crippen LogP contribution in [0.3, 0.4) is 0 Å². The number of nitrogens with zero attached hydrogens (tertiary/aromatic N) is 1. The van der Waals surface area contributed by atoms with E-state index in [1.54, 1.807) is 11.3 Å². The molecule has 2 heterocycles. The van der Waals surface area contributed by atoms with Gasteiger partial charge in [-0.1, -0.05) is 45.7 Å². The van der Waals surface area contributed by atoms with Gasteiger partial charge in [0, 0.05) is 10.6 Å². The van der Waals surface area contributed by atoms with E-state index in [2.05, 4.69) is 36.3 Å². The minimum atomic E-state index is -0.123. The Labute approximate surface area is 208 Å². The molecule has 34 heavy (non-hydrogen) atoms. The number of benzene rings is 1. The van der Waals surface area contributed by atoms with Crippen molar-refractivity contribution in [1.29, 1.82) is 0 Å². The zero-order valence-corrected chi connectivity index (χ0v) is 21.9. The van der Waals surface area contributed by atoms with Crippen LogP contribution < -0.4 is 10.6 Å². The van der Waals surface area contributed by atoms with Crippen LogP contribution in [-0.4, -0.2) is 36.3 Å². The first-order chi connectivity index (χ1) is 16.2. The van der Waals surface area contributed by atoms with Crippen LogP contribution >= 0.6 is 11.3 Å². The molecule has 0 spiro atoms. The van der Waals surface area contributed by atoms with Crippen molar-refractivity contribution in [3.05, 3.63) is 45.8 Å². The summed E-state index contributed by atoms with van der Waals surface area (Å²) >= 11 is 1.61. The number of rotatable bonds is 5. The minimum Gasteiger partial charge on any atom is -0.322 e. The number of amides is 2. The van der Waals surface area contributed by atoms with Crippen LogP contribution in [0.25, 0.3) is 0 Å². The molecule has 4 rings (SSSR count). The molecule has 1 aliphatic heterocycles. The minimum absolute atomic E-state index is 0.0162. The van der Waals surface area contributed by atoms with E-state index in [0.29, 0.717) is 23.0 Å². The normalized spacial score (nSPS) is 19.2. The molecule has 1 fully saturated rings. The van der Waals surface area contributed by atoms with Gasteiger partial charge in [0.1, 0.15) is 5.00 Å². The number of thiophene rings is 1. The van der Waals surface area contributed by atoms with Crippen molar-refractivity contribution in [2.75, 3.05) is 30.3 Å². The predicted molar refractivity (Wildman–Crippen MR) is 142 cm³/mol. The fourth-order valence-electron chi connectivity index (χ4n) is 5.23. The van der Waals surface area contributed by atoms with E-state index < -0.39 is 0 Å². The smallest absolute Gasteiger partial charge is 0.258 e. The molecule has 2 aromatic rings. The first-order valence-electron chi connectivity index (χ1n) is 12.8. The lowest BCUT2D eigenvalue weighted by Crippen LogP contribution is -2.34. The Hall–Kier alpha value is -2.18. The van der Waals surface area contributed by atoms with Crippen molar-refractivity contribution in [2.45, 2.75) is 72.6 Å². The Bertz CT molecular complexity index is 1030. The molecular formula is C28H39N3O2S. The molecule has 1 aromatic carbocycles. The average Bonchev–Trinajstić information content (AvgIpc) is 2.91. The van der Waals surface area contributed by atoms with Gasteiger partial charge >= 0.3 is 0 Å². The Balaban J connectivity index is 1.58. The Kier molecular flexibility index (Phi) is 7.78. The van der Waals surface area contributed by atoms with Crippen molar-refractivity contribution in [2.24, 2.45) is 11.3 Å². The Morgan fingerprint density at radius 1 is 1.09 bits per heavy atom. The van der Waals surface area contributed by atoms with Crippen LogP contribution in [0.4, 0.5) is 10.7 Å². The summed E-state index contributed by atoms with van der Waals surface area (Å²) in [5.74, 6) is 0.437. The highest BCUT2D eigenvalue weighted by Gasteiger charge is 2.34. The number of hydrogen-bond donors (Lipinski definition) is 2. The fraction of sp³-hybridized carbons (Fsp3) is 0.571. The number of aryl methyl sites for hydroxylation is 1. The van der Waals surface area contributed by atoms with Gasteiger partial charge < -0.3 is 10.6 Å². The Morgan fingerprint density at radius 2 is 1.82 bits per heavy atom. The highest BCUT2D eigenvalue weighted by molar-refractivity contribution is 7.17. The van der Waals surface area contributed by atoms with E-state index in [1.165, 1.54) is 17.7 Å². The van der Waals surface area contributed by atoms with Crippen LogP contribution in [0.1, 0.15) is 79.2 Å². The summed E-state index contributed by atoms with van der Waals surface area (Å²) in [7, 11) is 0. The number of carbonyl (C=O) groups excluding carboxylic acids is 2. The lowest BCUT2D eigenvalue weighted by Gasteiger charge is -2.33. The molecular weight excluding hydrogens is 442 g/mol. The average molecular weight is 482 g/mol. The van der Waals surface area contributed by atoms with Gasteiger partial charge in [-0.3, -0.25) is 14.5 Å². The van der Waals surface area contributed by atoms with Crippen LogP contribution in [0, 0.1) is 18.3 Å². The van der Waals surface area contributed by atoms with Gasteiger partial charge in [-0.05, 0) is 86.7 Å². The third-order valence-electron chi connectivity index (χ3n) is 7.31. The second-order valence-corrected chi connectivity index (χ2v) is 12.2. The maximum absolute atomic E-state index is 13.5. The third kappa shape index (κ3) is 6.08. The molecule has 2 N–H and O–H groups in total. The third-order valence-corrected chi connectivity index (χ3v) is 8.48. The second kappa shape index (κ2) is 10.6. The van der Waals surface area contributed by atoms with E-state index in [0.717, 1.165) is 62.0 Å². The van der Waals surface area contributed by atoms with Crippen molar-refractivity contribution in [3.63, 3.8) is 0 Å². The van der Waals surface area contributed by atoms with Crippen LogP contribution in [0.15, 0.2) is 24.3 Å². The first kappa shape index (κ1) is 24.9. The summed E-state index contributed by atoms with van der Waals surface area (Å²) in [5, 5.41) is 6.94. The molecule has 1 atom stereocenters. The van der Waals surface area contributed by atoms with Gasteiger partial charge in [0.2, 0.25) is 5.91 Å². The molecule has 5 nitrogen and oxygen atoms in total. The van der Waals surface area contributed by atoms with Crippen molar-refractivity contribution in [1.82, 2.24) is 4.90 Å². The van der Waals surface area contributed by atoms with E-state index >= 15 is 0 Å². The molecule has 1 aromatic heterocycles. The quantitative estimate of drug-likeness (QED) is 0.529. The number of hydrogen-bond acceptors (Lipinski definition) is 4. The number of carbonyl (C=O) groups is 2. The van der Waals surface area contributed by atoms with E-state index in [9.17, 15) is 9.59 Å². The van der Waals surface area contributed by atoms with Gasteiger partial charge in [0.25, 0.3) is 5.91 Å². The zero-order chi connectivity index (χ0) is 24.3. The highest BCUT2D eigenvalue weighted by atomic mass is 32.1. The van der Waals surface area contributed by atoms with E-state index in [4.69, 9.17) is 0 Å². The van der Waals surface area contributed by atoms with E-state index in [1.807, 2.05) is 31.2 Å². The molecule has 2 aliphatic rings. The molecule has 0 saturated carbocycles. The number of nitrogens with one attached hydrogen (secondary N) is 2. The molecule has 1 aliphatic carbocycles. The molecule has 184 valence electrons. The van der Waals surface area contributed by atoms with Crippen LogP contribution in [0.2, 0.25) is 0 Å². The Morgan fingerprint density at radius 3 is 2.50 bits per heavy atom. The summed E-state index contributed by atoms with van der Waals surface area (Å²) in [6.07, 6.45) is 7.71.